The van der Waals surface area contributed by atoms with Gasteiger partial charge in [-0.3, -0.25) is 4.79 Å². The standard InChI is InChI=1S/C23H29NO3/c1-5-7-12-27-21-10-8-19(16-22(21)26-6-2)9-11-23(25)24-20-14-17(3)13-18(4)15-20/h8-11,13-16H,5-7,12H2,1-4H3,(H,24,25)/b11-9+. The van der Waals surface area contributed by atoms with Gasteiger partial charge in [-0.15, -0.1) is 0 Å². The van der Waals surface area contributed by atoms with E-state index in [0.29, 0.717) is 19.0 Å². The van der Waals surface area contributed by atoms with Crippen LogP contribution in [0.4, 0.5) is 5.69 Å². The fourth-order valence-corrected chi connectivity index (χ4v) is 2.75. The van der Waals surface area contributed by atoms with Gasteiger partial charge in [0.05, 0.1) is 13.2 Å². The fraction of sp³-hybridized carbons (Fsp3) is 0.348. The van der Waals surface area contributed by atoms with Gasteiger partial charge in [0, 0.05) is 11.8 Å². The molecule has 0 fully saturated rings. The third kappa shape index (κ3) is 6.81. The summed E-state index contributed by atoms with van der Waals surface area (Å²) in [5.74, 6) is 1.27. The summed E-state index contributed by atoms with van der Waals surface area (Å²) >= 11 is 0. The van der Waals surface area contributed by atoms with Crippen molar-refractivity contribution in [2.45, 2.75) is 40.5 Å². The van der Waals surface area contributed by atoms with E-state index >= 15 is 0 Å². The largest absolute Gasteiger partial charge is 0.490 e. The van der Waals surface area contributed by atoms with Gasteiger partial charge in [-0.25, -0.2) is 0 Å². The molecule has 4 nitrogen and oxygen atoms in total. The first kappa shape index (κ1) is 20.6. The topological polar surface area (TPSA) is 47.6 Å². The van der Waals surface area contributed by atoms with Gasteiger partial charge in [0.1, 0.15) is 0 Å². The Bertz CT molecular complexity index is 776. The molecule has 0 atom stereocenters. The molecule has 0 unspecified atom stereocenters. The Morgan fingerprint density at radius 1 is 1.00 bits per heavy atom. The highest BCUT2D eigenvalue weighted by molar-refractivity contribution is 6.02. The monoisotopic (exact) mass is 367 g/mol. The van der Waals surface area contributed by atoms with Crippen LogP contribution in [0.3, 0.4) is 0 Å². The van der Waals surface area contributed by atoms with Crippen molar-refractivity contribution in [1.82, 2.24) is 0 Å². The van der Waals surface area contributed by atoms with E-state index in [4.69, 9.17) is 9.47 Å². The number of hydrogen-bond donors (Lipinski definition) is 1. The highest BCUT2D eigenvalue weighted by atomic mass is 16.5. The van der Waals surface area contributed by atoms with Crippen molar-refractivity contribution in [1.29, 1.82) is 0 Å². The highest BCUT2D eigenvalue weighted by Crippen LogP contribution is 2.29. The van der Waals surface area contributed by atoms with E-state index in [0.717, 1.165) is 41.0 Å². The number of unbranched alkanes of at least 4 members (excludes halogenated alkanes) is 1. The highest BCUT2D eigenvalue weighted by Gasteiger charge is 2.06. The molecule has 0 aliphatic carbocycles. The summed E-state index contributed by atoms with van der Waals surface area (Å²) in [6.07, 6.45) is 5.39. The number of carbonyl (C=O) groups is 1. The number of hydrogen-bond acceptors (Lipinski definition) is 3. The molecule has 0 bridgehead atoms. The normalized spacial score (nSPS) is 10.8. The zero-order chi connectivity index (χ0) is 19.6. The molecule has 2 rings (SSSR count). The Kier molecular flexibility index (Phi) is 7.93. The molecular weight excluding hydrogens is 338 g/mol. The number of aryl methyl sites for hydroxylation is 2. The van der Waals surface area contributed by atoms with Crippen molar-refractivity contribution in [2.24, 2.45) is 0 Å². The molecule has 0 spiro atoms. The van der Waals surface area contributed by atoms with Crippen LogP contribution >= 0.6 is 0 Å². The van der Waals surface area contributed by atoms with Gasteiger partial charge in [0.15, 0.2) is 11.5 Å². The SMILES string of the molecule is CCCCOc1ccc(/C=C/C(=O)Nc2cc(C)cc(C)c2)cc1OCC. The van der Waals surface area contributed by atoms with Crippen molar-refractivity contribution < 1.29 is 14.3 Å². The van der Waals surface area contributed by atoms with Crippen LogP contribution in [0, 0.1) is 13.8 Å². The lowest BCUT2D eigenvalue weighted by Crippen LogP contribution is -2.08. The summed E-state index contributed by atoms with van der Waals surface area (Å²) in [6.45, 7) is 9.32. The quantitative estimate of drug-likeness (QED) is 0.468. The van der Waals surface area contributed by atoms with Crippen LogP contribution in [-0.2, 0) is 4.79 Å². The zero-order valence-electron chi connectivity index (χ0n) is 16.7. The molecule has 0 saturated carbocycles. The Morgan fingerprint density at radius 2 is 1.74 bits per heavy atom. The van der Waals surface area contributed by atoms with Gasteiger partial charge < -0.3 is 14.8 Å². The van der Waals surface area contributed by atoms with Crippen molar-refractivity contribution >= 4 is 17.7 Å². The van der Waals surface area contributed by atoms with Crippen LogP contribution in [0.5, 0.6) is 11.5 Å². The molecule has 0 saturated heterocycles. The van der Waals surface area contributed by atoms with Crippen LogP contribution in [-0.4, -0.2) is 19.1 Å². The number of benzene rings is 2. The van der Waals surface area contributed by atoms with Crippen molar-refractivity contribution in [3.8, 4) is 11.5 Å². The minimum atomic E-state index is -0.166. The van der Waals surface area contributed by atoms with Gasteiger partial charge in [0.25, 0.3) is 0 Å². The molecule has 144 valence electrons. The van der Waals surface area contributed by atoms with Crippen molar-refractivity contribution in [3.63, 3.8) is 0 Å². The Hall–Kier alpha value is -2.75. The summed E-state index contributed by atoms with van der Waals surface area (Å²) in [4.78, 5) is 12.2. The van der Waals surface area contributed by atoms with Crippen molar-refractivity contribution in [3.05, 3.63) is 59.2 Å². The summed E-state index contributed by atoms with van der Waals surface area (Å²) in [5.41, 5.74) is 3.93. The molecule has 0 aliphatic rings. The summed E-state index contributed by atoms with van der Waals surface area (Å²) in [5, 5.41) is 2.90. The lowest BCUT2D eigenvalue weighted by atomic mass is 10.1. The van der Waals surface area contributed by atoms with E-state index in [9.17, 15) is 4.79 Å². The number of ether oxygens (including phenoxy) is 2. The summed E-state index contributed by atoms with van der Waals surface area (Å²) in [7, 11) is 0. The lowest BCUT2D eigenvalue weighted by molar-refractivity contribution is -0.111. The van der Waals surface area contributed by atoms with E-state index in [1.807, 2.05) is 51.1 Å². The predicted octanol–water partition coefficient (Wildman–Crippen LogP) is 5.53. The molecule has 0 aromatic heterocycles. The van der Waals surface area contributed by atoms with Crippen LogP contribution in [0.15, 0.2) is 42.5 Å². The van der Waals surface area contributed by atoms with Gasteiger partial charge in [-0.05, 0) is 74.2 Å². The smallest absolute Gasteiger partial charge is 0.248 e. The average Bonchev–Trinajstić information content (AvgIpc) is 2.61. The molecule has 2 aromatic rings. The maximum Gasteiger partial charge on any atom is 0.248 e. The molecule has 27 heavy (non-hydrogen) atoms. The van der Waals surface area contributed by atoms with E-state index in [1.54, 1.807) is 6.08 Å². The van der Waals surface area contributed by atoms with Crippen LogP contribution in [0.25, 0.3) is 6.08 Å². The van der Waals surface area contributed by atoms with Gasteiger partial charge in [-0.1, -0.05) is 25.5 Å². The number of rotatable bonds is 9. The van der Waals surface area contributed by atoms with E-state index in [1.165, 1.54) is 6.08 Å². The molecule has 2 aromatic carbocycles. The third-order valence-corrected chi connectivity index (χ3v) is 3.94. The number of amides is 1. The first-order chi connectivity index (χ1) is 13.0. The molecule has 1 amide bonds. The lowest BCUT2D eigenvalue weighted by Gasteiger charge is -2.12. The Morgan fingerprint density at radius 3 is 2.41 bits per heavy atom. The van der Waals surface area contributed by atoms with E-state index < -0.39 is 0 Å². The first-order valence-electron chi connectivity index (χ1n) is 9.48. The maximum atomic E-state index is 12.2. The second-order valence-electron chi connectivity index (χ2n) is 6.54. The Balaban J connectivity index is 2.06. The molecule has 4 heteroatoms. The summed E-state index contributed by atoms with van der Waals surface area (Å²) < 4.78 is 11.5. The van der Waals surface area contributed by atoms with Gasteiger partial charge in [0.2, 0.25) is 5.91 Å². The fourth-order valence-electron chi connectivity index (χ4n) is 2.75. The van der Waals surface area contributed by atoms with E-state index in [2.05, 4.69) is 18.3 Å². The van der Waals surface area contributed by atoms with E-state index in [-0.39, 0.29) is 5.91 Å². The second kappa shape index (κ2) is 10.4. The maximum absolute atomic E-state index is 12.2. The minimum absolute atomic E-state index is 0.166. The number of nitrogens with one attached hydrogen (secondary N) is 1. The first-order valence-corrected chi connectivity index (χ1v) is 9.48. The Labute approximate surface area is 162 Å². The molecule has 1 N–H and O–H groups in total. The molecule has 0 radical (unpaired) electrons. The third-order valence-electron chi connectivity index (χ3n) is 3.94. The van der Waals surface area contributed by atoms with Crippen LogP contribution in [0.2, 0.25) is 0 Å². The average molecular weight is 367 g/mol. The number of anilines is 1. The second-order valence-corrected chi connectivity index (χ2v) is 6.54. The molecule has 0 aliphatic heterocycles. The molecular formula is C23H29NO3. The predicted molar refractivity (Wildman–Crippen MR) is 112 cm³/mol. The number of carbonyl (C=O) groups excluding carboxylic acids is 1. The minimum Gasteiger partial charge on any atom is -0.490 e. The molecule has 0 heterocycles. The van der Waals surface area contributed by atoms with Crippen LogP contribution < -0.4 is 14.8 Å². The van der Waals surface area contributed by atoms with Crippen LogP contribution in [0.1, 0.15) is 43.4 Å². The van der Waals surface area contributed by atoms with Crippen molar-refractivity contribution in [2.75, 3.05) is 18.5 Å². The van der Waals surface area contributed by atoms with Gasteiger partial charge >= 0.3 is 0 Å². The van der Waals surface area contributed by atoms with Gasteiger partial charge in [-0.2, -0.15) is 0 Å². The zero-order valence-corrected chi connectivity index (χ0v) is 16.7. The summed E-state index contributed by atoms with van der Waals surface area (Å²) in [6, 6.07) is 11.7.